The van der Waals surface area contributed by atoms with Gasteiger partial charge in [0.1, 0.15) is 0 Å². The van der Waals surface area contributed by atoms with E-state index in [1.807, 2.05) is 27.7 Å². The molecule has 0 aromatic carbocycles. The number of hydrogen-bond donors (Lipinski definition) is 0. The molecule has 0 amide bonds. The molecule has 0 aromatic heterocycles. The van der Waals surface area contributed by atoms with Gasteiger partial charge in [0.25, 0.3) is 0 Å². The van der Waals surface area contributed by atoms with E-state index in [2.05, 4.69) is 6.92 Å². The maximum absolute atomic E-state index is 3.25. The molecule has 0 aliphatic carbocycles. The summed E-state index contributed by atoms with van der Waals surface area (Å²) in [6.45, 7) is 13.0. The van der Waals surface area contributed by atoms with Crippen LogP contribution < -0.4 is 0 Å². The average Bonchev–Trinajstić information content (AvgIpc) is 1.81. The van der Waals surface area contributed by atoms with Gasteiger partial charge in [0.2, 0.25) is 0 Å². The topological polar surface area (TPSA) is 0 Å². The third kappa shape index (κ3) is 1890. The van der Waals surface area contributed by atoms with E-state index < -0.39 is 0 Å². The highest BCUT2D eigenvalue weighted by Crippen LogP contribution is 1.15. The average molecular weight is 89.2 g/mol. The number of rotatable bonds is 0. The summed E-state index contributed by atoms with van der Waals surface area (Å²) in [6, 6.07) is 0. The molecule has 0 heterocycles. The standard InChI is InChI=1S/2C2H6.C2H5/c3*1-2/h2*1-2H3;1H2,2H3/q;;+1. The molecule has 0 aromatic rings. The fraction of sp³-hybridized carbons (Fsp3) is 0.833. The summed E-state index contributed by atoms with van der Waals surface area (Å²) in [5.74, 6) is 0. The molecule has 0 nitrogen and oxygen atoms in total. The first kappa shape index (κ1) is 16.9. The van der Waals surface area contributed by atoms with Crippen molar-refractivity contribution >= 4 is 0 Å². The van der Waals surface area contributed by atoms with Gasteiger partial charge in [0, 0.05) is 0 Å². The minimum atomic E-state index is 1.75. The molecule has 0 heteroatoms. The van der Waals surface area contributed by atoms with Crippen molar-refractivity contribution in [2.45, 2.75) is 34.6 Å². The smallest absolute Gasteiger partial charge is 0.0683 e. The van der Waals surface area contributed by atoms with Crippen LogP contribution in [0.5, 0.6) is 0 Å². The summed E-state index contributed by atoms with van der Waals surface area (Å²) < 4.78 is 0. The quantitative estimate of drug-likeness (QED) is 0.400. The van der Waals surface area contributed by atoms with Crippen molar-refractivity contribution < 1.29 is 0 Å². The molecule has 0 aliphatic heterocycles. The predicted molar refractivity (Wildman–Crippen MR) is 33.7 cm³/mol. The van der Waals surface area contributed by atoms with Gasteiger partial charge in [-0.25, -0.2) is 0 Å². The largest absolute Gasteiger partial charge is 0.0746 e. The lowest BCUT2D eigenvalue weighted by Crippen LogP contribution is -0.888. The molecule has 40 valence electrons. The van der Waals surface area contributed by atoms with Gasteiger partial charge in [-0.15, -0.1) is 0 Å². The highest BCUT2D eigenvalue weighted by molar-refractivity contribution is 3.94. The lowest BCUT2D eigenvalue weighted by Gasteiger charge is -1.07. The van der Waals surface area contributed by atoms with E-state index in [0.717, 1.165) is 0 Å². The lowest BCUT2D eigenvalue weighted by molar-refractivity contribution is 1.50. The summed E-state index contributed by atoms with van der Waals surface area (Å²) in [5.41, 5.74) is 0. The van der Waals surface area contributed by atoms with Crippen LogP contribution in [0.15, 0.2) is 0 Å². The molecule has 6 heavy (non-hydrogen) atoms. The van der Waals surface area contributed by atoms with Crippen LogP contribution >= 0.6 is 0 Å². The third-order valence-corrected chi connectivity index (χ3v) is 0. The molecule has 0 atom stereocenters. The fourth-order valence-electron chi connectivity index (χ4n) is 0. The van der Waals surface area contributed by atoms with Gasteiger partial charge in [-0.3, -0.25) is 0 Å². The Hall–Kier alpha value is -0.130. The molecule has 0 bridgehead atoms. The van der Waals surface area contributed by atoms with Crippen LogP contribution in [0.4, 0.5) is 0 Å². The Balaban J connectivity index is -0.0000000225. The molecule has 0 fully saturated rings. The van der Waals surface area contributed by atoms with Gasteiger partial charge in [-0.2, -0.15) is 0 Å². The molecule has 0 rings (SSSR count). The monoisotopic (exact) mass is 89.1 g/mol. The van der Waals surface area contributed by atoms with Gasteiger partial charge in [-0.05, 0) is 0 Å². The maximum Gasteiger partial charge on any atom is 0.0746 e. The van der Waals surface area contributed by atoms with Crippen molar-refractivity contribution in [3.8, 4) is 0 Å². The fourth-order valence-corrected chi connectivity index (χ4v) is 0. The Morgan fingerprint density at radius 3 is 0.667 bits per heavy atom. The molecular formula is C6H17+. The first-order valence-electron chi connectivity index (χ1n) is 2.71. The summed E-state index contributed by atoms with van der Waals surface area (Å²) in [6.07, 6.45) is 0. The van der Waals surface area contributed by atoms with E-state index >= 15 is 0 Å². The van der Waals surface area contributed by atoms with E-state index in [0.29, 0.717) is 0 Å². The summed E-state index contributed by atoms with van der Waals surface area (Å²) in [7, 11) is 0. The van der Waals surface area contributed by atoms with Gasteiger partial charge in [-0.1, -0.05) is 27.7 Å². The minimum absolute atomic E-state index is 1.75. The first-order valence-corrected chi connectivity index (χ1v) is 2.71. The van der Waals surface area contributed by atoms with Crippen LogP contribution in [0.1, 0.15) is 34.6 Å². The van der Waals surface area contributed by atoms with E-state index in [9.17, 15) is 0 Å². The van der Waals surface area contributed by atoms with Gasteiger partial charge in [0.15, 0.2) is 0 Å². The highest BCUT2D eigenvalue weighted by Gasteiger charge is 1.07. The lowest BCUT2D eigenvalue weighted by atomic mass is 11.0. The zero-order valence-electron chi connectivity index (χ0n) is 5.71. The Morgan fingerprint density at radius 2 is 0.667 bits per heavy atom. The summed E-state index contributed by atoms with van der Waals surface area (Å²) >= 11 is 0. The predicted octanol–water partition coefficient (Wildman–Crippen LogP) is 2.89. The van der Waals surface area contributed by atoms with Crippen LogP contribution in [0.25, 0.3) is 0 Å². The van der Waals surface area contributed by atoms with E-state index in [4.69, 9.17) is 0 Å². The van der Waals surface area contributed by atoms with Gasteiger partial charge < -0.3 is 0 Å². The second-order valence-corrected chi connectivity index (χ2v) is 0. The van der Waals surface area contributed by atoms with E-state index in [1.54, 1.807) is 6.92 Å². The van der Waals surface area contributed by atoms with E-state index in [1.165, 1.54) is 0 Å². The summed E-state index contributed by atoms with van der Waals surface area (Å²) in [5, 5.41) is 0. The Bertz CT molecular complexity index is 0. The molecule has 0 N–H and O–H groups in total. The molecule has 0 unspecified atom stereocenters. The van der Waals surface area contributed by atoms with Crippen molar-refractivity contribution in [1.82, 2.24) is 0 Å². The second-order valence-electron chi connectivity index (χ2n) is 0. The third-order valence-electron chi connectivity index (χ3n) is 0. The van der Waals surface area contributed by atoms with Crippen LogP contribution in [0.3, 0.4) is 0 Å². The maximum atomic E-state index is 3.25. The normalized spacial score (nSPS) is 2.83. The van der Waals surface area contributed by atoms with Crippen molar-refractivity contribution in [3.63, 3.8) is 0 Å². The van der Waals surface area contributed by atoms with Gasteiger partial charge in [0.05, 0.1) is 13.8 Å². The van der Waals surface area contributed by atoms with Crippen LogP contribution in [0, 0.1) is 6.92 Å². The van der Waals surface area contributed by atoms with Crippen molar-refractivity contribution in [2.75, 3.05) is 0 Å². The minimum Gasteiger partial charge on any atom is -0.0683 e. The van der Waals surface area contributed by atoms with Crippen molar-refractivity contribution in [2.24, 2.45) is 0 Å². The molecule has 0 saturated carbocycles. The zero-order valence-corrected chi connectivity index (χ0v) is 5.71. The highest BCUT2D eigenvalue weighted by atomic mass is 13.0. The van der Waals surface area contributed by atoms with Crippen LogP contribution in [0.2, 0.25) is 0 Å². The Labute approximate surface area is 42.6 Å². The second kappa shape index (κ2) is 4320. The summed E-state index contributed by atoms with van der Waals surface area (Å²) in [4.78, 5) is 0. The van der Waals surface area contributed by atoms with Gasteiger partial charge >= 0.3 is 0 Å². The Morgan fingerprint density at radius 1 is 0.667 bits per heavy atom. The molecule has 0 spiro atoms. The molecular weight excluding hydrogens is 72.1 g/mol. The SMILES string of the molecule is CC.CC.[CH2+]C. The molecule has 0 radical (unpaired) electrons. The van der Waals surface area contributed by atoms with E-state index in [-0.39, 0.29) is 0 Å². The van der Waals surface area contributed by atoms with Crippen molar-refractivity contribution in [3.05, 3.63) is 6.92 Å². The van der Waals surface area contributed by atoms with Crippen molar-refractivity contribution in [1.29, 1.82) is 0 Å². The van der Waals surface area contributed by atoms with Crippen LogP contribution in [-0.4, -0.2) is 0 Å². The zero-order chi connectivity index (χ0) is 6.00. The van der Waals surface area contributed by atoms with Crippen LogP contribution in [-0.2, 0) is 0 Å². The first-order chi connectivity index (χ1) is 3.00. The number of hydrogen-bond acceptors (Lipinski definition) is 0. The Kier molecular flexibility index (Phi) is 12200. The molecule has 0 aliphatic rings. The molecule has 0 saturated heterocycles.